The van der Waals surface area contributed by atoms with Gasteiger partial charge in [-0.2, -0.15) is 0 Å². The Morgan fingerprint density at radius 3 is 2.44 bits per heavy atom. The number of benzene rings is 1. The molecule has 1 fully saturated rings. The van der Waals surface area contributed by atoms with Crippen LogP contribution < -0.4 is 0 Å². The van der Waals surface area contributed by atoms with Crippen molar-refractivity contribution >= 4 is 27.5 Å². The summed E-state index contributed by atoms with van der Waals surface area (Å²) in [7, 11) is 0. The number of phenolic OH excluding ortho intramolecular Hbond substituents is 1. The average molecular weight is 382 g/mol. The lowest BCUT2D eigenvalue weighted by molar-refractivity contribution is 0.0717. The van der Waals surface area contributed by atoms with E-state index < -0.39 is 0 Å². The lowest BCUT2D eigenvalue weighted by Gasteiger charge is -2.32. The standard InChI is InChI=1S/C21H23N3O2S/c1-12-18-13(2)22-14(3)23-20(18)27-19(12)21(26)24-10-8-16(9-11-24)15-4-6-17(25)7-5-15/h4-7,16,25H,8-11H2,1-3H3. The number of amides is 1. The Morgan fingerprint density at radius 1 is 1.11 bits per heavy atom. The number of piperidine rings is 1. The number of likely N-dealkylation sites (tertiary alicyclic amines) is 1. The Labute approximate surface area is 162 Å². The maximum atomic E-state index is 13.1. The van der Waals surface area contributed by atoms with Crippen molar-refractivity contribution in [1.82, 2.24) is 14.9 Å². The fourth-order valence-electron chi connectivity index (χ4n) is 3.98. The van der Waals surface area contributed by atoms with Gasteiger partial charge in [-0.15, -0.1) is 11.3 Å². The summed E-state index contributed by atoms with van der Waals surface area (Å²) in [6, 6.07) is 7.44. The van der Waals surface area contributed by atoms with E-state index in [0.29, 0.717) is 11.7 Å². The molecule has 0 unspecified atom stereocenters. The normalized spacial score (nSPS) is 15.4. The van der Waals surface area contributed by atoms with Gasteiger partial charge in [0.2, 0.25) is 0 Å². The van der Waals surface area contributed by atoms with Crippen LogP contribution in [0.15, 0.2) is 24.3 Å². The molecule has 0 atom stereocenters. The highest BCUT2D eigenvalue weighted by molar-refractivity contribution is 7.20. The van der Waals surface area contributed by atoms with Crippen molar-refractivity contribution in [1.29, 1.82) is 0 Å². The number of carbonyl (C=O) groups excluding carboxylic acids is 1. The van der Waals surface area contributed by atoms with Gasteiger partial charge in [0.1, 0.15) is 16.4 Å². The van der Waals surface area contributed by atoms with Gasteiger partial charge in [0, 0.05) is 24.2 Å². The SMILES string of the molecule is Cc1nc(C)c2c(C)c(C(=O)N3CCC(c4ccc(O)cc4)CC3)sc2n1. The van der Waals surface area contributed by atoms with Gasteiger partial charge < -0.3 is 10.0 Å². The van der Waals surface area contributed by atoms with Crippen molar-refractivity contribution < 1.29 is 9.90 Å². The van der Waals surface area contributed by atoms with Crippen molar-refractivity contribution in [2.75, 3.05) is 13.1 Å². The third-order valence-electron chi connectivity index (χ3n) is 5.42. The molecular weight excluding hydrogens is 358 g/mol. The molecule has 1 aromatic carbocycles. The number of fused-ring (bicyclic) bond motifs is 1. The van der Waals surface area contributed by atoms with E-state index in [1.54, 1.807) is 12.1 Å². The number of aromatic nitrogens is 2. The molecular formula is C21H23N3O2S. The summed E-state index contributed by atoms with van der Waals surface area (Å²) in [6.07, 6.45) is 1.89. The van der Waals surface area contributed by atoms with Crippen molar-refractivity contribution in [2.24, 2.45) is 0 Å². The molecule has 3 heterocycles. The molecule has 0 saturated carbocycles. The first-order valence-electron chi connectivity index (χ1n) is 9.26. The Morgan fingerprint density at radius 2 is 1.78 bits per heavy atom. The zero-order valence-electron chi connectivity index (χ0n) is 15.8. The summed E-state index contributed by atoms with van der Waals surface area (Å²) in [5.41, 5.74) is 3.17. The average Bonchev–Trinajstić information content (AvgIpc) is 2.98. The number of hydrogen-bond acceptors (Lipinski definition) is 5. The molecule has 1 amide bonds. The van der Waals surface area contributed by atoms with Gasteiger partial charge in [-0.25, -0.2) is 9.97 Å². The van der Waals surface area contributed by atoms with E-state index in [1.165, 1.54) is 16.9 Å². The maximum absolute atomic E-state index is 13.1. The van der Waals surface area contributed by atoms with Crippen LogP contribution in [0.5, 0.6) is 5.75 Å². The fraction of sp³-hybridized carbons (Fsp3) is 0.381. The van der Waals surface area contributed by atoms with Gasteiger partial charge in [-0.1, -0.05) is 12.1 Å². The lowest BCUT2D eigenvalue weighted by atomic mass is 9.89. The zero-order chi connectivity index (χ0) is 19.1. The van der Waals surface area contributed by atoms with Gasteiger partial charge >= 0.3 is 0 Å². The molecule has 5 nitrogen and oxygen atoms in total. The minimum atomic E-state index is 0.108. The smallest absolute Gasteiger partial charge is 0.264 e. The molecule has 1 aliphatic heterocycles. The first kappa shape index (κ1) is 17.9. The molecule has 1 saturated heterocycles. The number of carbonyl (C=O) groups is 1. The Bertz CT molecular complexity index is 1000. The van der Waals surface area contributed by atoms with E-state index in [0.717, 1.165) is 58.1 Å². The molecule has 4 rings (SSSR count). The third-order valence-corrected chi connectivity index (χ3v) is 6.60. The van der Waals surface area contributed by atoms with Crippen LogP contribution in [0.25, 0.3) is 10.2 Å². The van der Waals surface area contributed by atoms with Gasteiger partial charge in [-0.05, 0) is 62.8 Å². The highest BCUT2D eigenvalue weighted by atomic mass is 32.1. The van der Waals surface area contributed by atoms with Crippen molar-refractivity contribution in [2.45, 2.75) is 39.5 Å². The molecule has 0 aliphatic carbocycles. The first-order valence-corrected chi connectivity index (χ1v) is 10.1. The first-order chi connectivity index (χ1) is 12.9. The van der Waals surface area contributed by atoms with Gasteiger partial charge in [-0.3, -0.25) is 4.79 Å². The molecule has 2 aromatic heterocycles. The molecule has 0 spiro atoms. The number of hydrogen-bond donors (Lipinski definition) is 1. The number of rotatable bonds is 2. The van der Waals surface area contributed by atoms with Crippen LogP contribution in [0, 0.1) is 20.8 Å². The van der Waals surface area contributed by atoms with E-state index in [9.17, 15) is 9.90 Å². The summed E-state index contributed by atoms with van der Waals surface area (Å²) >= 11 is 1.48. The second-order valence-corrected chi connectivity index (χ2v) is 8.25. The van der Waals surface area contributed by atoms with E-state index >= 15 is 0 Å². The number of aryl methyl sites for hydroxylation is 3. The highest BCUT2D eigenvalue weighted by Gasteiger charge is 2.27. The predicted molar refractivity (Wildman–Crippen MR) is 108 cm³/mol. The van der Waals surface area contributed by atoms with Crippen LogP contribution in [0.2, 0.25) is 0 Å². The van der Waals surface area contributed by atoms with Crippen LogP contribution in [-0.4, -0.2) is 39.0 Å². The molecule has 0 radical (unpaired) electrons. The molecule has 3 aromatic rings. The quantitative estimate of drug-likeness (QED) is 0.717. The van der Waals surface area contributed by atoms with Crippen LogP contribution in [0.3, 0.4) is 0 Å². The second-order valence-electron chi connectivity index (χ2n) is 7.25. The predicted octanol–water partition coefficient (Wildman–Crippen LogP) is 4.34. The van der Waals surface area contributed by atoms with Crippen LogP contribution in [-0.2, 0) is 0 Å². The highest BCUT2D eigenvalue weighted by Crippen LogP contribution is 2.34. The number of thiophene rings is 1. The monoisotopic (exact) mass is 381 g/mol. The van der Waals surface area contributed by atoms with Gasteiger partial charge in [0.05, 0.1) is 4.88 Å². The largest absolute Gasteiger partial charge is 0.508 e. The van der Waals surface area contributed by atoms with Crippen molar-refractivity contribution in [3.8, 4) is 5.75 Å². The molecule has 6 heteroatoms. The van der Waals surface area contributed by atoms with Crippen LogP contribution >= 0.6 is 11.3 Å². The van der Waals surface area contributed by atoms with E-state index in [2.05, 4.69) is 9.97 Å². The summed E-state index contributed by atoms with van der Waals surface area (Å²) in [4.78, 5) is 25.8. The molecule has 140 valence electrons. The summed E-state index contributed by atoms with van der Waals surface area (Å²) in [6.45, 7) is 7.37. The van der Waals surface area contributed by atoms with Gasteiger partial charge in [0.25, 0.3) is 5.91 Å². The maximum Gasteiger partial charge on any atom is 0.264 e. The Hall–Kier alpha value is -2.47. The van der Waals surface area contributed by atoms with Crippen molar-refractivity contribution in [3.05, 3.63) is 51.8 Å². The minimum Gasteiger partial charge on any atom is -0.508 e. The third kappa shape index (κ3) is 3.30. The summed E-state index contributed by atoms with van der Waals surface area (Å²) in [5.74, 6) is 1.58. The minimum absolute atomic E-state index is 0.108. The number of nitrogens with zero attached hydrogens (tertiary/aromatic N) is 3. The Kier molecular flexibility index (Phi) is 4.60. The molecule has 1 aliphatic rings. The van der Waals surface area contributed by atoms with Crippen LogP contribution in [0.4, 0.5) is 0 Å². The Balaban J connectivity index is 1.53. The number of aromatic hydroxyl groups is 1. The second kappa shape index (κ2) is 6.93. The molecule has 1 N–H and O–H groups in total. The molecule has 0 bridgehead atoms. The summed E-state index contributed by atoms with van der Waals surface area (Å²) in [5, 5.41) is 10.5. The number of phenols is 1. The van der Waals surface area contributed by atoms with E-state index in [1.807, 2.05) is 37.8 Å². The van der Waals surface area contributed by atoms with Crippen molar-refractivity contribution in [3.63, 3.8) is 0 Å². The lowest BCUT2D eigenvalue weighted by Crippen LogP contribution is -2.37. The fourth-order valence-corrected chi connectivity index (χ4v) is 5.23. The topological polar surface area (TPSA) is 66.3 Å². The molecule has 27 heavy (non-hydrogen) atoms. The van der Waals surface area contributed by atoms with E-state index in [4.69, 9.17) is 0 Å². The van der Waals surface area contributed by atoms with Crippen LogP contribution in [0.1, 0.15) is 51.1 Å². The summed E-state index contributed by atoms with van der Waals surface area (Å²) < 4.78 is 0. The van der Waals surface area contributed by atoms with Gasteiger partial charge in [0.15, 0.2) is 0 Å². The zero-order valence-corrected chi connectivity index (χ0v) is 16.6. The van der Waals surface area contributed by atoms with E-state index in [-0.39, 0.29) is 5.91 Å².